The molecule has 0 aromatic heterocycles. The summed E-state index contributed by atoms with van der Waals surface area (Å²) in [6, 6.07) is 7.71. The Bertz CT molecular complexity index is 542. The van der Waals surface area contributed by atoms with Crippen molar-refractivity contribution in [1.82, 2.24) is 4.90 Å². The van der Waals surface area contributed by atoms with Crippen LogP contribution in [0.25, 0.3) is 6.08 Å². The van der Waals surface area contributed by atoms with Crippen molar-refractivity contribution in [2.45, 2.75) is 31.8 Å². The first-order valence-electron chi connectivity index (χ1n) is 8.47. The summed E-state index contributed by atoms with van der Waals surface area (Å²) in [4.78, 5) is 14.5. The number of rotatable bonds is 7. The number of methoxy groups -OCH3 is 1. The summed E-state index contributed by atoms with van der Waals surface area (Å²) in [6.45, 7) is 2.42. The van der Waals surface area contributed by atoms with E-state index in [9.17, 15) is 4.79 Å². The van der Waals surface area contributed by atoms with E-state index >= 15 is 0 Å². The summed E-state index contributed by atoms with van der Waals surface area (Å²) < 4.78 is 10.8. The van der Waals surface area contributed by atoms with Crippen LogP contribution in [0.2, 0.25) is 0 Å². The van der Waals surface area contributed by atoms with Crippen LogP contribution in [-0.2, 0) is 9.53 Å². The number of benzene rings is 1. The molecule has 1 heterocycles. The fourth-order valence-corrected chi connectivity index (χ4v) is 2.89. The third-order valence-corrected chi connectivity index (χ3v) is 4.47. The lowest BCUT2D eigenvalue weighted by Gasteiger charge is -2.24. The van der Waals surface area contributed by atoms with Crippen LogP contribution in [0, 0.1) is 5.92 Å². The zero-order valence-corrected chi connectivity index (χ0v) is 13.7. The van der Waals surface area contributed by atoms with Gasteiger partial charge in [-0.3, -0.25) is 4.79 Å². The molecule has 23 heavy (non-hydrogen) atoms. The lowest BCUT2D eigenvalue weighted by molar-refractivity contribution is -0.127. The molecule has 0 bridgehead atoms. The number of amides is 1. The van der Waals surface area contributed by atoms with Gasteiger partial charge in [0.05, 0.1) is 13.2 Å². The lowest BCUT2D eigenvalue weighted by Crippen LogP contribution is -2.37. The molecule has 1 atom stereocenters. The number of nitrogens with zero attached hydrogens (tertiary/aromatic N) is 1. The summed E-state index contributed by atoms with van der Waals surface area (Å²) in [5.74, 6) is 1.60. The Labute approximate surface area is 138 Å². The van der Waals surface area contributed by atoms with Crippen molar-refractivity contribution in [2.24, 2.45) is 5.92 Å². The van der Waals surface area contributed by atoms with Gasteiger partial charge in [0.2, 0.25) is 5.91 Å². The van der Waals surface area contributed by atoms with E-state index in [-0.39, 0.29) is 12.0 Å². The summed E-state index contributed by atoms with van der Waals surface area (Å²) in [6.07, 6.45) is 8.44. The van der Waals surface area contributed by atoms with Gasteiger partial charge < -0.3 is 14.4 Å². The second-order valence-electron chi connectivity index (χ2n) is 6.43. The normalized spacial score (nSPS) is 20.8. The summed E-state index contributed by atoms with van der Waals surface area (Å²) in [5, 5.41) is 0. The molecule has 1 saturated heterocycles. The van der Waals surface area contributed by atoms with Crippen molar-refractivity contribution in [3.63, 3.8) is 0 Å². The van der Waals surface area contributed by atoms with E-state index in [0.29, 0.717) is 5.92 Å². The van der Waals surface area contributed by atoms with Gasteiger partial charge in [0.15, 0.2) is 0 Å². The van der Waals surface area contributed by atoms with E-state index in [1.54, 1.807) is 13.2 Å². The molecule has 1 aliphatic carbocycles. The molecule has 0 radical (unpaired) electrons. The molecule has 1 saturated carbocycles. The van der Waals surface area contributed by atoms with Gasteiger partial charge in [0, 0.05) is 25.8 Å². The van der Waals surface area contributed by atoms with Crippen LogP contribution in [0.3, 0.4) is 0 Å². The Kier molecular flexibility index (Phi) is 5.34. The van der Waals surface area contributed by atoms with Gasteiger partial charge in [-0.2, -0.15) is 0 Å². The van der Waals surface area contributed by atoms with E-state index in [4.69, 9.17) is 9.47 Å². The molecule has 3 rings (SSSR count). The average Bonchev–Trinajstić information content (AvgIpc) is 3.25. The van der Waals surface area contributed by atoms with E-state index in [1.165, 1.54) is 12.8 Å². The lowest BCUT2D eigenvalue weighted by atomic mass is 10.2. The van der Waals surface area contributed by atoms with Gasteiger partial charge in [-0.25, -0.2) is 0 Å². The second-order valence-corrected chi connectivity index (χ2v) is 6.43. The minimum Gasteiger partial charge on any atom is -0.497 e. The predicted molar refractivity (Wildman–Crippen MR) is 90.3 cm³/mol. The summed E-state index contributed by atoms with van der Waals surface area (Å²) in [7, 11) is 1.65. The molecule has 1 aromatic rings. The number of ether oxygens (including phenoxy) is 2. The second kappa shape index (κ2) is 7.64. The van der Waals surface area contributed by atoms with Gasteiger partial charge in [-0.05, 0) is 55.4 Å². The molecule has 1 aliphatic heterocycles. The van der Waals surface area contributed by atoms with Crippen molar-refractivity contribution in [3.05, 3.63) is 35.9 Å². The molecule has 4 nitrogen and oxygen atoms in total. The van der Waals surface area contributed by atoms with E-state index in [0.717, 1.165) is 43.9 Å². The SMILES string of the molecule is COc1ccc(/C=C/C(=O)N(CC2CC2)CC2CCCO2)cc1. The van der Waals surface area contributed by atoms with Crippen molar-refractivity contribution in [2.75, 3.05) is 26.8 Å². The Morgan fingerprint density at radius 2 is 2.04 bits per heavy atom. The molecule has 1 unspecified atom stereocenters. The van der Waals surface area contributed by atoms with Crippen molar-refractivity contribution >= 4 is 12.0 Å². The van der Waals surface area contributed by atoms with Gasteiger partial charge >= 0.3 is 0 Å². The molecule has 4 heteroatoms. The minimum absolute atomic E-state index is 0.0863. The maximum Gasteiger partial charge on any atom is 0.246 e. The maximum atomic E-state index is 12.5. The first-order chi connectivity index (χ1) is 11.2. The Morgan fingerprint density at radius 3 is 2.65 bits per heavy atom. The highest BCUT2D eigenvalue weighted by molar-refractivity contribution is 5.91. The Morgan fingerprint density at radius 1 is 1.26 bits per heavy atom. The topological polar surface area (TPSA) is 38.8 Å². The molecule has 1 amide bonds. The number of hydrogen-bond acceptors (Lipinski definition) is 3. The van der Waals surface area contributed by atoms with Crippen LogP contribution in [0.1, 0.15) is 31.2 Å². The Balaban J connectivity index is 1.60. The maximum absolute atomic E-state index is 12.5. The highest BCUT2D eigenvalue weighted by Gasteiger charge is 2.28. The van der Waals surface area contributed by atoms with Gasteiger partial charge in [0.1, 0.15) is 5.75 Å². The molecule has 1 aromatic carbocycles. The van der Waals surface area contributed by atoms with E-state index in [1.807, 2.05) is 35.2 Å². The molecular formula is C19H25NO3. The first kappa shape index (κ1) is 16.1. The summed E-state index contributed by atoms with van der Waals surface area (Å²) >= 11 is 0. The molecule has 0 N–H and O–H groups in total. The fourth-order valence-electron chi connectivity index (χ4n) is 2.89. The molecule has 0 spiro atoms. The number of carbonyl (C=O) groups excluding carboxylic acids is 1. The van der Waals surface area contributed by atoms with E-state index < -0.39 is 0 Å². The quantitative estimate of drug-likeness (QED) is 0.726. The average molecular weight is 315 g/mol. The third-order valence-electron chi connectivity index (χ3n) is 4.47. The third kappa shape index (κ3) is 4.83. The predicted octanol–water partition coefficient (Wildman–Crippen LogP) is 3.13. The van der Waals surface area contributed by atoms with Crippen LogP contribution >= 0.6 is 0 Å². The highest BCUT2D eigenvalue weighted by atomic mass is 16.5. The minimum atomic E-state index is 0.0863. The van der Waals surface area contributed by atoms with Crippen LogP contribution in [0.5, 0.6) is 5.75 Å². The monoisotopic (exact) mass is 315 g/mol. The van der Waals surface area contributed by atoms with Crippen LogP contribution in [0.15, 0.2) is 30.3 Å². The highest BCUT2D eigenvalue weighted by Crippen LogP contribution is 2.30. The molecular weight excluding hydrogens is 290 g/mol. The van der Waals surface area contributed by atoms with E-state index in [2.05, 4.69) is 0 Å². The van der Waals surface area contributed by atoms with Gasteiger partial charge in [0.25, 0.3) is 0 Å². The van der Waals surface area contributed by atoms with Crippen molar-refractivity contribution in [1.29, 1.82) is 0 Å². The van der Waals surface area contributed by atoms with Gasteiger partial charge in [-0.1, -0.05) is 12.1 Å². The zero-order valence-electron chi connectivity index (χ0n) is 13.7. The standard InChI is InChI=1S/C19H25NO3/c1-22-17-9-6-15(7-10-17)8-11-19(21)20(13-16-4-5-16)14-18-3-2-12-23-18/h6-11,16,18H,2-5,12-14H2,1H3/b11-8+. The smallest absolute Gasteiger partial charge is 0.246 e. The largest absolute Gasteiger partial charge is 0.497 e. The first-order valence-corrected chi connectivity index (χ1v) is 8.47. The fraction of sp³-hybridized carbons (Fsp3) is 0.526. The molecule has 124 valence electrons. The number of hydrogen-bond donors (Lipinski definition) is 0. The van der Waals surface area contributed by atoms with Crippen LogP contribution in [-0.4, -0.2) is 43.7 Å². The van der Waals surface area contributed by atoms with Crippen LogP contribution < -0.4 is 4.74 Å². The van der Waals surface area contributed by atoms with Crippen LogP contribution in [0.4, 0.5) is 0 Å². The zero-order chi connectivity index (χ0) is 16.1. The Hall–Kier alpha value is -1.81. The summed E-state index contributed by atoms with van der Waals surface area (Å²) in [5.41, 5.74) is 1.00. The van der Waals surface area contributed by atoms with Gasteiger partial charge in [-0.15, -0.1) is 0 Å². The molecule has 2 aliphatic rings. The molecule has 2 fully saturated rings. The number of carbonyl (C=O) groups is 1. The van der Waals surface area contributed by atoms with Crippen molar-refractivity contribution < 1.29 is 14.3 Å². The van der Waals surface area contributed by atoms with Crippen molar-refractivity contribution in [3.8, 4) is 5.75 Å².